The number of para-hydroxylation sites is 1. The van der Waals surface area contributed by atoms with Gasteiger partial charge in [-0.2, -0.15) is 5.10 Å². The van der Waals surface area contributed by atoms with Gasteiger partial charge in [0, 0.05) is 16.8 Å². The van der Waals surface area contributed by atoms with Crippen LogP contribution in [-0.4, -0.2) is 24.6 Å². The van der Waals surface area contributed by atoms with Gasteiger partial charge in [0.2, 0.25) is 0 Å². The fourth-order valence-electron chi connectivity index (χ4n) is 2.69. The lowest BCUT2D eigenvalue weighted by molar-refractivity contribution is -0.118. The largest absolute Gasteiger partial charge is 0.483 e. The molecule has 0 unspecified atom stereocenters. The van der Waals surface area contributed by atoms with E-state index < -0.39 is 0 Å². The summed E-state index contributed by atoms with van der Waals surface area (Å²) in [4.78, 5) is 24.3. The quantitative estimate of drug-likeness (QED) is 0.462. The van der Waals surface area contributed by atoms with Crippen LogP contribution in [0.3, 0.4) is 0 Å². The molecule has 0 saturated carbocycles. The molecule has 0 aliphatic heterocycles. The van der Waals surface area contributed by atoms with E-state index in [-0.39, 0.29) is 18.4 Å². The Labute approximate surface area is 175 Å². The second-order valence-corrected chi connectivity index (χ2v) is 6.74. The Morgan fingerprint density at radius 3 is 2.43 bits per heavy atom. The maximum Gasteiger partial charge on any atom is 0.271 e. The highest BCUT2D eigenvalue weighted by atomic mass is 16.5. The molecule has 0 radical (unpaired) electrons. The van der Waals surface area contributed by atoms with E-state index in [1.54, 1.807) is 42.5 Å². The van der Waals surface area contributed by atoms with Gasteiger partial charge in [0.25, 0.3) is 11.8 Å². The molecule has 0 bridgehead atoms. The summed E-state index contributed by atoms with van der Waals surface area (Å²) in [7, 11) is 0. The lowest BCUT2D eigenvalue weighted by Gasteiger charge is -2.10. The summed E-state index contributed by atoms with van der Waals surface area (Å²) in [5.41, 5.74) is 6.63. The third-order valence-electron chi connectivity index (χ3n) is 4.47. The van der Waals surface area contributed by atoms with Crippen molar-refractivity contribution in [3.63, 3.8) is 0 Å². The van der Waals surface area contributed by atoms with E-state index in [1.165, 1.54) is 6.21 Å². The molecule has 3 aromatic rings. The van der Waals surface area contributed by atoms with Crippen molar-refractivity contribution in [2.24, 2.45) is 5.10 Å². The first-order chi connectivity index (χ1) is 14.5. The average molecular weight is 401 g/mol. The number of nitrogens with one attached hydrogen (secondary N) is 2. The zero-order valence-electron chi connectivity index (χ0n) is 16.9. The minimum Gasteiger partial charge on any atom is -0.483 e. The Morgan fingerprint density at radius 2 is 1.67 bits per heavy atom. The van der Waals surface area contributed by atoms with Gasteiger partial charge in [-0.05, 0) is 61.4 Å². The van der Waals surface area contributed by atoms with Crippen molar-refractivity contribution in [2.75, 3.05) is 11.9 Å². The third-order valence-corrected chi connectivity index (χ3v) is 4.47. The van der Waals surface area contributed by atoms with Crippen molar-refractivity contribution in [1.29, 1.82) is 0 Å². The number of carbonyl (C=O) groups is 2. The topological polar surface area (TPSA) is 79.8 Å². The monoisotopic (exact) mass is 401 g/mol. The molecular weight excluding hydrogens is 378 g/mol. The zero-order chi connectivity index (χ0) is 21.3. The number of aryl methyl sites for hydroxylation is 2. The third kappa shape index (κ3) is 5.78. The summed E-state index contributed by atoms with van der Waals surface area (Å²) >= 11 is 0. The Hall–Kier alpha value is -3.93. The number of hydrogen-bond donors (Lipinski definition) is 2. The second kappa shape index (κ2) is 10.0. The molecule has 2 amide bonds. The molecule has 30 heavy (non-hydrogen) atoms. The van der Waals surface area contributed by atoms with Crippen LogP contribution in [0, 0.1) is 13.8 Å². The number of benzene rings is 3. The van der Waals surface area contributed by atoms with Crippen molar-refractivity contribution in [3.05, 3.63) is 95.1 Å². The molecule has 0 spiro atoms. The number of carbonyl (C=O) groups excluding carboxylic acids is 2. The van der Waals surface area contributed by atoms with E-state index in [9.17, 15) is 9.59 Å². The SMILES string of the molecule is Cc1ccc(NC(=O)COc2ccccc2/C=N/NC(=O)c2ccccc2)cc1C. The molecular formula is C24H23N3O3. The second-order valence-electron chi connectivity index (χ2n) is 6.74. The minimum absolute atomic E-state index is 0.145. The van der Waals surface area contributed by atoms with Crippen LogP contribution in [0.15, 0.2) is 77.9 Å². The van der Waals surface area contributed by atoms with E-state index in [1.807, 2.05) is 44.2 Å². The van der Waals surface area contributed by atoms with Crippen LogP contribution >= 0.6 is 0 Å². The number of ether oxygens (including phenoxy) is 1. The fraction of sp³-hybridized carbons (Fsp3) is 0.125. The van der Waals surface area contributed by atoms with E-state index in [0.717, 1.165) is 16.8 Å². The first-order valence-electron chi connectivity index (χ1n) is 9.50. The highest BCUT2D eigenvalue weighted by Gasteiger charge is 2.07. The number of amides is 2. The summed E-state index contributed by atoms with van der Waals surface area (Å²) in [5.74, 6) is -0.0779. The maximum absolute atomic E-state index is 12.2. The smallest absolute Gasteiger partial charge is 0.271 e. The zero-order valence-corrected chi connectivity index (χ0v) is 16.9. The highest BCUT2D eigenvalue weighted by molar-refractivity contribution is 5.95. The summed E-state index contributed by atoms with van der Waals surface area (Å²) in [5, 5.41) is 6.81. The Balaban J connectivity index is 1.57. The number of anilines is 1. The van der Waals surface area contributed by atoms with Crippen LogP contribution in [0.4, 0.5) is 5.69 Å². The van der Waals surface area contributed by atoms with Crippen LogP contribution < -0.4 is 15.5 Å². The predicted molar refractivity (Wildman–Crippen MR) is 118 cm³/mol. The molecule has 3 aromatic carbocycles. The van der Waals surface area contributed by atoms with Gasteiger partial charge >= 0.3 is 0 Å². The van der Waals surface area contributed by atoms with Gasteiger partial charge in [0.15, 0.2) is 6.61 Å². The number of hydrogen-bond acceptors (Lipinski definition) is 4. The van der Waals surface area contributed by atoms with Gasteiger partial charge in [-0.1, -0.05) is 36.4 Å². The Kier molecular flexibility index (Phi) is 6.95. The fourth-order valence-corrected chi connectivity index (χ4v) is 2.69. The van der Waals surface area contributed by atoms with E-state index in [4.69, 9.17) is 4.74 Å². The Bertz CT molecular complexity index is 1060. The number of hydrazone groups is 1. The molecule has 0 aromatic heterocycles. The summed E-state index contributed by atoms with van der Waals surface area (Å²) in [6.07, 6.45) is 1.48. The molecule has 152 valence electrons. The first kappa shape index (κ1) is 20.8. The average Bonchev–Trinajstić information content (AvgIpc) is 2.76. The van der Waals surface area contributed by atoms with Crippen molar-refractivity contribution in [3.8, 4) is 5.75 Å². The normalized spacial score (nSPS) is 10.6. The van der Waals surface area contributed by atoms with E-state index in [2.05, 4.69) is 15.8 Å². The van der Waals surface area contributed by atoms with Crippen molar-refractivity contribution in [2.45, 2.75) is 13.8 Å². The van der Waals surface area contributed by atoms with Gasteiger partial charge in [0.05, 0.1) is 6.21 Å². The predicted octanol–water partition coefficient (Wildman–Crippen LogP) is 4.08. The minimum atomic E-state index is -0.307. The van der Waals surface area contributed by atoms with Crippen molar-refractivity contribution < 1.29 is 14.3 Å². The highest BCUT2D eigenvalue weighted by Crippen LogP contribution is 2.17. The van der Waals surface area contributed by atoms with Gasteiger partial charge in [-0.15, -0.1) is 0 Å². The van der Waals surface area contributed by atoms with Crippen molar-refractivity contribution in [1.82, 2.24) is 5.43 Å². The summed E-state index contributed by atoms with van der Waals surface area (Å²) in [6.45, 7) is 3.87. The molecule has 3 rings (SSSR count). The van der Waals surface area contributed by atoms with Crippen LogP contribution in [0.1, 0.15) is 27.0 Å². The molecule has 6 nitrogen and oxygen atoms in total. The summed E-state index contributed by atoms with van der Waals surface area (Å²) < 4.78 is 5.65. The molecule has 0 saturated heterocycles. The van der Waals surface area contributed by atoms with Gasteiger partial charge in [-0.3, -0.25) is 9.59 Å². The number of rotatable bonds is 7. The molecule has 0 fully saturated rings. The standard InChI is InChI=1S/C24H23N3O3/c1-17-12-13-21(14-18(17)2)26-23(28)16-30-22-11-7-6-10-20(22)15-25-27-24(29)19-8-4-3-5-9-19/h3-15H,16H2,1-2H3,(H,26,28)(H,27,29)/b25-15+. The van der Waals surface area contributed by atoms with Gasteiger partial charge < -0.3 is 10.1 Å². The maximum atomic E-state index is 12.2. The van der Waals surface area contributed by atoms with E-state index in [0.29, 0.717) is 16.9 Å². The van der Waals surface area contributed by atoms with E-state index >= 15 is 0 Å². The van der Waals surface area contributed by atoms with Crippen LogP contribution in [0.2, 0.25) is 0 Å². The molecule has 0 aliphatic rings. The van der Waals surface area contributed by atoms with Crippen molar-refractivity contribution >= 4 is 23.7 Å². The molecule has 0 atom stereocenters. The lowest BCUT2D eigenvalue weighted by Crippen LogP contribution is -2.20. The molecule has 6 heteroatoms. The first-order valence-corrected chi connectivity index (χ1v) is 9.50. The molecule has 2 N–H and O–H groups in total. The Morgan fingerprint density at radius 1 is 0.933 bits per heavy atom. The van der Waals surface area contributed by atoms with Crippen LogP contribution in [-0.2, 0) is 4.79 Å². The number of nitrogens with zero attached hydrogens (tertiary/aromatic N) is 1. The van der Waals surface area contributed by atoms with Crippen LogP contribution in [0.25, 0.3) is 0 Å². The lowest BCUT2D eigenvalue weighted by atomic mass is 10.1. The molecule has 0 heterocycles. The van der Waals surface area contributed by atoms with Gasteiger partial charge in [0.1, 0.15) is 5.75 Å². The van der Waals surface area contributed by atoms with Crippen LogP contribution in [0.5, 0.6) is 5.75 Å². The van der Waals surface area contributed by atoms with Gasteiger partial charge in [-0.25, -0.2) is 5.43 Å². The summed E-state index contributed by atoms with van der Waals surface area (Å²) in [6, 6.07) is 21.7. The molecule has 0 aliphatic carbocycles.